The first-order valence-corrected chi connectivity index (χ1v) is 13.2. The molecule has 33 heavy (non-hydrogen) atoms. The Morgan fingerprint density at radius 1 is 1.03 bits per heavy atom. The Bertz CT molecular complexity index is 1080. The predicted molar refractivity (Wildman–Crippen MR) is 129 cm³/mol. The van der Waals surface area contributed by atoms with Gasteiger partial charge in [0.15, 0.2) is 11.5 Å². The van der Waals surface area contributed by atoms with Gasteiger partial charge >= 0.3 is 0 Å². The Kier molecular flexibility index (Phi) is 6.97. The van der Waals surface area contributed by atoms with Gasteiger partial charge in [-0.3, -0.25) is 9.10 Å². The van der Waals surface area contributed by atoms with Gasteiger partial charge in [0.25, 0.3) is 0 Å². The number of nitrogens with zero attached hydrogens (tertiary/aromatic N) is 2. The molecule has 1 fully saturated rings. The molecule has 1 saturated heterocycles. The fourth-order valence-electron chi connectivity index (χ4n) is 4.29. The molecule has 0 bridgehead atoms. The summed E-state index contributed by atoms with van der Waals surface area (Å²) in [6.07, 6.45) is 4.81. The molecule has 0 aliphatic carbocycles. The van der Waals surface area contributed by atoms with Gasteiger partial charge < -0.3 is 19.7 Å². The number of sulfonamides is 1. The minimum Gasteiger partial charge on any atom is -0.486 e. The number of carbonyl (C=O) groups is 1. The van der Waals surface area contributed by atoms with Crippen molar-refractivity contribution >= 4 is 27.3 Å². The Labute approximate surface area is 195 Å². The minimum absolute atomic E-state index is 0.322. The fraction of sp³-hybridized carbons (Fsp3) is 0.458. The number of hydrogen-bond acceptors (Lipinski definition) is 6. The number of nitrogens with one attached hydrogen (secondary N) is 1. The molecule has 0 saturated carbocycles. The molecular formula is C24H31N3O5S. The van der Waals surface area contributed by atoms with Crippen LogP contribution in [-0.4, -0.2) is 52.9 Å². The summed E-state index contributed by atoms with van der Waals surface area (Å²) < 4.78 is 37.4. The highest BCUT2D eigenvalue weighted by Crippen LogP contribution is 2.35. The zero-order valence-corrected chi connectivity index (χ0v) is 19.9. The number of piperidine rings is 1. The molecule has 2 aliphatic heterocycles. The number of rotatable bonds is 7. The Balaban J connectivity index is 1.43. The molecule has 2 aromatic carbocycles. The SMILES string of the molecule is CC(C(=O)NCc1ccc(N2CCCCC2)cc1)N(c1ccc2c(c1)OCCO2)S(C)(=O)=O. The summed E-state index contributed by atoms with van der Waals surface area (Å²) in [6.45, 7) is 4.89. The van der Waals surface area contributed by atoms with Gasteiger partial charge in [-0.05, 0) is 56.0 Å². The summed E-state index contributed by atoms with van der Waals surface area (Å²) >= 11 is 0. The van der Waals surface area contributed by atoms with Crippen molar-refractivity contribution < 1.29 is 22.7 Å². The average molecular weight is 474 g/mol. The molecule has 2 heterocycles. The Hall–Kier alpha value is -2.94. The minimum atomic E-state index is -3.72. The highest BCUT2D eigenvalue weighted by atomic mass is 32.2. The number of anilines is 2. The fourth-order valence-corrected chi connectivity index (χ4v) is 5.46. The topological polar surface area (TPSA) is 88.2 Å². The monoisotopic (exact) mass is 473 g/mol. The number of amides is 1. The van der Waals surface area contributed by atoms with Crippen LogP contribution in [0.1, 0.15) is 31.7 Å². The highest BCUT2D eigenvalue weighted by molar-refractivity contribution is 7.92. The largest absolute Gasteiger partial charge is 0.486 e. The summed E-state index contributed by atoms with van der Waals surface area (Å²) in [5, 5.41) is 2.87. The first kappa shape index (κ1) is 23.2. The maximum atomic E-state index is 12.9. The molecule has 0 radical (unpaired) electrons. The van der Waals surface area contributed by atoms with Crippen molar-refractivity contribution in [2.75, 3.05) is 41.8 Å². The van der Waals surface area contributed by atoms with Crippen molar-refractivity contribution in [1.29, 1.82) is 0 Å². The van der Waals surface area contributed by atoms with E-state index in [-0.39, 0.29) is 5.91 Å². The van der Waals surface area contributed by atoms with E-state index in [4.69, 9.17) is 9.47 Å². The van der Waals surface area contributed by atoms with Crippen LogP contribution >= 0.6 is 0 Å². The van der Waals surface area contributed by atoms with E-state index in [9.17, 15) is 13.2 Å². The number of fused-ring (bicyclic) bond motifs is 1. The second kappa shape index (κ2) is 9.91. The summed E-state index contributed by atoms with van der Waals surface area (Å²) in [6, 6.07) is 12.1. The lowest BCUT2D eigenvalue weighted by Gasteiger charge is -2.29. The van der Waals surface area contributed by atoms with Crippen LogP contribution in [0.25, 0.3) is 0 Å². The Morgan fingerprint density at radius 3 is 2.36 bits per heavy atom. The van der Waals surface area contributed by atoms with Crippen LogP contribution in [0.4, 0.5) is 11.4 Å². The van der Waals surface area contributed by atoms with E-state index in [1.54, 1.807) is 25.1 Å². The summed E-state index contributed by atoms with van der Waals surface area (Å²) in [5.74, 6) is 0.646. The van der Waals surface area contributed by atoms with Gasteiger partial charge in [0.05, 0.1) is 11.9 Å². The van der Waals surface area contributed by atoms with Gasteiger partial charge in [-0.25, -0.2) is 8.42 Å². The molecule has 0 aromatic heterocycles. The van der Waals surface area contributed by atoms with Crippen LogP contribution in [0, 0.1) is 0 Å². The summed E-state index contributed by atoms with van der Waals surface area (Å²) in [7, 11) is -3.72. The number of carbonyl (C=O) groups excluding carboxylic acids is 1. The van der Waals surface area contributed by atoms with Crippen LogP contribution in [0.2, 0.25) is 0 Å². The second-order valence-electron chi connectivity index (χ2n) is 8.49. The number of benzene rings is 2. The maximum absolute atomic E-state index is 12.9. The molecule has 2 aromatic rings. The number of hydrogen-bond donors (Lipinski definition) is 1. The first-order chi connectivity index (χ1) is 15.8. The van der Waals surface area contributed by atoms with Crippen LogP contribution in [0.3, 0.4) is 0 Å². The Morgan fingerprint density at radius 2 is 1.70 bits per heavy atom. The maximum Gasteiger partial charge on any atom is 0.243 e. The molecule has 1 unspecified atom stereocenters. The smallest absolute Gasteiger partial charge is 0.243 e. The van der Waals surface area contributed by atoms with Crippen LogP contribution in [-0.2, 0) is 21.4 Å². The van der Waals surface area contributed by atoms with Crippen LogP contribution in [0.15, 0.2) is 42.5 Å². The third-order valence-corrected chi connectivity index (χ3v) is 7.23. The molecule has 178 valence electrons. The van der Waals surface area contributed by atoms with Crippen molar-refractivity contribution in [3.63, 3.8) is 0 Å². The van der Waals surface area contributed by atoms with Gasteiger partial charge in [0.2, 0.25) is 15.9 Å². The van der Waals surface area contributed by atoms with E-state index in [1.807, 2.05) is 12.1 Å². The standard InChI is InChI=1S/C24H31N3O5S/c1-18(27(33(2,29)30)21-10-11-22-23(16-21)32-15-14-31-22)24(28)25-17-19-6-8-20(9-7-19)26-12-4-3-5-13-26/h6-11,16,18H,3-5,12-15,17H2,1-2H3,(H,25,28). The lowest BCUT2D eigenvalue weighted by molar-refractivity contribution is -0.122. The van der Waals surface area contributed by atoms with Gasteiger partial charge in [0.1, 0.15) is 19.3 Å². The van der Waals surface area contributed by atoms with Gasteiger partial charge in [-0.2, -0.15) is 0 Å². The zero-order valence-electron chi connectivity index (χ0n) is 19.1. The van der Waals surface area contributed by atoms with Crippen LogP contribution in [0.5, 0.6) is 11.5 Å². The molecular weight excluding hydrogens is 442 g/mol. The molecule has 2 aliphatic rings. The zero-order chi connectivity index (χ0) is 23.4. The second-order valence-corrected chi connectivity index (χ2v) is 10.4. The first-order valence-electron chi connectivity index (χ1n) is 11.3. The van der Waals surface area contributed by atoms with E-state index in [0.29, 0.717) is 36.9 Å². The third-order valence-electron chi connectivity index (χ3n) is 5.99. The van der Waals surface area contributed by atoms with E-state index < -0.39 is 16.1 Å². The van der Waals surface area contributed by atoms with E-state index in [0.717, 1.165) is 29.2 Å². The quantitative estimate of drug-likeness (QED) is 0.665. The number of ether oxygens (including phenoxy) is 2. The van der Waals surface area contributed by atoms with Crippen molar-refractivity contribution in [3.05, 3.63) is 48.0 Å². The van der Waals surface area contributed by atoms with Crippen molar-refractivity contribution in [2.24, 2.45) is 0 Å². The predicted octanol–water partition coefficient (Wildman–Crippen LogP) is 2.92. The molecule has 0 spiro atoms. The summed E-state index contributed by atoms with van der Waals surface area (Å²) in [4.78, 5) is 15.3. The molecule has 4 rings (SSSR count). The molecule has 1 N–H and O–H groups in total. The summed E-state index contributed by atoms with van der Waals surface area (Å²) in [5.41, 5.74) is 2.51. The lowest BCUT2D eigenvalue weighted by Crippen LogP contribution is -2.47. The van der Waals surface area contributed by atoms with E-state index in [2.05, 4.69) is 22.3 Å². The van der Waals surface area contributed by atoms with Gasteiger partial charge in [-0.1, -0.05) is 12.1 Å². The van der Waals surface area contributed by atoms with E-state index >= 15 is 0 Å². The van der Waals surface area contributed by atoms with Crippen molar-refractivity contribution in [1.82, 2.24) is 5.32 Å². The van der Waals surface area contributed by atoms with Gasteiger partial charge in [0, 0.05) is 31.4 Å². The highest BCUT2D eigenvalue weighted by Gasteiger charge is 2.30. The lowest BCUT2D eigenvalue weighted by atomic mass is 10.1. The molecule has 1 amide bonds. The third kappa shape index (κ3) is 5.52. The van der Waals surface area contributed by atoms with Crippen molar-refractivity contribution in [2.45, 2.75) is 38.8 Å². The molecule has 9 heteroatoms. The average Bonchev–Trinajstić information content (AvgIpc) is 2.82. The normalized spacial score (nSPS) is 16.7. The van der Waals surface area contributed by atoms with Crippen LogP contribution < -0.4 is 24.0 Å². The van der Waals surface area contributed by atoms with Gasteiger partial charge in [-0.15, -0.1) is 0 Å². The molecule has 8 nitrogen and oxygen atoms in total. The van der Waals surface area contributed by atoms with Crippen molar-refractivity contribution in [3.8, 4) is 11.5 Å². The van der Waals surface area contributed by atoms with E-state index in [1.165, 1.54) is 24.9 Å². The molecule has 1 atom stereocenters.